The monoisotopic (exact) mass is 399 g/mol. The van der Waals surface area contributed by atoms with E-state index in [9.17, 15) is 9.59 Å². The SMILES string of the molecule is CCCOC(=O)[C@@H]1CS[C@@H](C(C)C)N1C(=O)c1ccc(Br)cc1. The number of benzene rings is 1. The molecule has 2 rings (SSSR count). The van der Waals surface area contributed by atoms with Crippen LogP contribution in [0, 0.1) is 5.92 Å². The Morgan fingerprint density at radius 3 is 2.57 bits per heavy atom. The van der Waals surface area contributed by atoms with Crippen molar-refractivity contribution in [2.75, 3.05) is 12.4 Å². The van der Waals surface area contributed by atoms with Crippen molar-refractivity contribution in [2.24, 2.45) is 5.92 Å². The first kappa shape index (κ1) is 18.3. The number of nitrogens with zero attached hydrogens (tertiary/aromatic N) is 1. The van der Waals surface area contributed by atoms with Crippen LogP contribution in [-0.4, -0.2) is 40.6 Å². The maximum absolute atomic E-state index is 13.0. The average Bonchev–Trinajstić information content (AvgIpc) is 2.97. The lowest BCUT2D eigenvalue weighted by atomic mass is 10.1. The third-order valence-electron chi connectivity index (χ3n) is 3.65. The molecule has 1 aromatic rings. The minimum absolute atomic E-state index is 0.00896. The molecule has 0 bridgehead atoms. The highest BCUT2D eigenvalue weighted by Gasteiger charge is 2.43. The average molecular weight is 400 g/mol. The van der Waals surface area contributed by atoms with Gasteiger partial charge >= 0.3 is 5.97 Å². The van der Waals surface area contributed by atoms with E-state index in [-0.39, 0.29) is 23.2 Å². The van der Waals surface area contributed by atoms with E-state index in [0.29, 0.717) is 17.9 Å². The van der Waals surface area contributed by atoms with E-state index >= 15 is 0 Å². The van der Waals surface area contributed by atoms with Gasteiger partial charge in [-0.1, -0.05) is 36.7 Å². The minimum atomic E-state index is -0.505. The first-order chi connectivity index (χ1) is 11.0. The van der Waals surface area contributed by atoms with Crippen LogP contribution in [-0.2, 0) is 9.53 Å². The van der Waals surface area contributed by atoms with Crippen LogP contribution in [0.15, 0.2) is 28.7 Å². The summed E-state index contributed by atoms with van der Waals surface area (Å²) in [7, 11) is 0. The second-order valence-corrected chi connectivity index (χ2v) is 7.94. The Morgan fingerprint density at radius 1 is 1.35 bits per heavy atom. The molecular weight excluding hydrogens is 378 g/mol. The maximum atomic E-state index is 13.0. The molecule has 1 aromatic carbocycles. The largest absolute Gasteiger partial charge is 0.464 e. The summed E-state index contributed by atoms with van der Waals surface area (Å²) in [4.78, 5) is 27.0. The van der Waals surface area contributed by atoms with Crippen molar-refractivity contribution < 1.29 is 14.3 Å². The number of carbonyl (C=O) groups is 2. The Hall–Kier alpha value is -1.01. The molecule has 0 saturated carbocycles. The van der Waals surface area contributed by atoms with Gasteiger partial charge in [-0.2, -0.15) is 0 Å². The van der Waals surface area contributed by atoms with E-state index in [4.69, 9.17) is 4.74 Å². The summed E-state index contributed by atoms with van der Waals surface area (Å²) in [5.41, 5.74) is 0.592. The van der Waals surface area contributed by atoms with Crippen LogP contribution in [0.3, 0.4) is 0 Å². The summed E-state index contributed by atoms with van der Waals surface area (Å²) in [6, 6.07) is 6.73. The van der Waals surface area contributed by atoms with Crippen LogP contribution in [0.4, 0.5) is 0 Å². The summed E-state index contributed by atoms with van der Waals surface area (Å²) in [5.74, 6) is 0.448. The van der Waals surface area contributed by atoms with E-state index in [1.54, 1.807) is 28.8 Å². The fourth-order valence-corrected chi connectivity index (χ4v) is 4.25. The Balaban J connectivity index is 2.25. The van der Waals surface area contributed by atoms with Crippen molar-refractivity contribution in [1.29, 1.82) is 0 Å². The molecule has 1 saturated heterocycles. The number of ether oxygens (including phenoxy) is 1. The number of carbonyl (C=O) groups excluding carboxylic acids is 2. The molecule has 0 unspecified atom stereocenters. The third kappa shape index (κ3) is 4.29. The quantitative estimate of drug-likeness (QED) is 0.703. The number of amides is 1. The normalized spacial score (nSPS) is 20.8. The molecule has 0 spiro atoms. The van der Waals surface area contributed by atoms with Crippen molar-refractivity contribution in [1.82, 2.24) is 4.90 Å². The Kier molecular flexibility index (Phi) is 6.53. The van der Waals surface area contributed by atoms with Crippen LogP contribution in [0.1, 0.15) is 37.6 Å². The first-order valence-electron chi connectivity index (χ1n) is 7.82. The minimum Gasteiger partial charge on any atom is -0.464 e. The van der Waals surface area contributed by atoms with Crippen molar-refractivity contribution >= 4 is 39.6 Å². The highest BCUT2D eigenvalue weighted by Crippen LogP contribution is 2.35. The molecule has 1 fully saturated rings. The molecule has 6 heteroatoms. The summed E-state index contributed by atoms with van der Waals surface area (Å²) in [5, 5.41) is -0.00896. The summed E-state index contributed by atoms with van der Waals surface area (Å²) >= 11 is 5.02. The topological polar surface area (TPSA) is 46.6 Å². The molecule has 4 nitrogen and oxygen atoms in total. The number of rotatable bonds is 5. The molecular formula is C17H22BrNO3S. The van der Waals surface area contributed by atoms with Gasteiger partial charge in [0.1, 0.15) is 6.04 Å². The Morgan fingerprint density at radius 2 is 2.00 bits per heavy atom. The summed E-state index contributed by atoms with van der Waals surface area (Å²) in [6.45, 7) is 6.49. The molecule has 1 aliphatic heterocycles. The van der Waals surface area contributed by atoms with E-state index < -0.39 is 6.04 Å². The van der Waals surface area contributed by atoms with Gasteiger partial charge in [-0.15, -0.1) is 11.8 Å². The lowest BCUT2D eigenvalue weighted by Crippen LogP contribution is -2.47. The van der Waals surface area contributed by atoms with Gasteiger partial charge < -0.3 is 9.64 Å². The standard InChI is InChI=1S/C17H22BrNO3S/c1-4-9-22-17(21)14-10-23-16(11(2)3)19(14)15(20)12-5-7-13(18)8-6-12/h5-8,11,14,16H,4,9-10H2,1-3H3/t14-,16-/m0/s1. The smallest absolute Gasteiger partial charge is 0.329 e. The van der Waals surface area contributed by atoms with E-state index in [1.165, 1.54) is 0 Å². The lowest BCUT2D eigenvalue weighted by molar-refractivity contribution is -0.148. The Bertz CT molecular complexity index is 561. The second-order valence-electron chi connectivity index (χ2n) is 5.87. The van der Waals surface area contributed by atoms with Crippen LogP contribution >= 0.6 is 27.7 Å². The van der Waals surface area contributed by atoms with Crippen LogP contribution in [0.2, 0.25) is 0 Å². The highest BCUT2D eigenvalue weighted by molar-refractivity contribution is 9.10. The van der Waals surface area contributed by atoms with Gasteiger partial charge in [-0.05, 0) is 36.6 Å². The van der Waals surface area contributed by atoms with Gasteiger partial charge in [0.05, 0.1) is 12.0 Å². The molecule has 1 aliphatic rings. The van der Waals surface area contributed by atoms with Crippen molar-refractivity contribution in [3.05, 3.63) is 34.3 Å². The van der Waals surface area contributed by atoms with Gasteiger partial charge in [0, 0.05) is 15.8 Å². The van der Waals surface area contributed by atoms with Gasteiger partial charge in [-0.3, -0.25) is 4.79 Å². The number of halogens is 1. The molecule has 0 N–H and O–H groups in total. The number of hydrogen-bond donors (Lipinski definition) is 0. The molecule has 1 amide bonds. The molecule has 23 heavy (non-hydrogen) atoms. The van der Waals surface area contributed by atoms with E-state index in [2.05, 4.69) is 29.8 Å². The predicted molar refractivity (Wildman–Crippen MR) is 96.4 cm³/mol. The zero-order valence-corrected chi connectivity index (χ0v) is 16.0. The summed E-state index contributed by atoms with van der Waals surface area (Å²) in [6.07, 6.45) is 0.778. The van der Waals surface area contributed by atoms with Gasteiger partial charge in [0.25, 0.3) is 5.91 Å². The zero-order chi connectivity index (χ0) is 17.0. The molecule has 0 aromatic heterocycles. The van der Waals surface area contributed by atoms with Crippen LogP contribution < -0.4 is 0 Å². The van der Waals surface area contributed by atoms with E-state index in [0.717, 1.165) is 10.9 Å². The number of esters is 1. The van der Waals surface area contributed by atoms with Gasteiger partial charge in [0.2, 0.25) is 0 Å². The molecule has 0 radical (unpaired) electrons. The third-order valence-corrected chi connectivity index (χ3v) is 5.80. The number of thioether (sulfide) groups is 1. The van der Waals surface area contributed by atoms with E-state index in [1.807, 2.05) is 19.1 Å². The maximum Gasteiger partial charge on any atom is 0.329 e. The highest BCUT2D eigenvalue weighted by atomic mass is 79.9. The van der Waals surface area contributed by atoms with Crippen LogP contribution in [0.5, 0.6) is 0 Å². The molecule has 126 valence electrons. The van der Waals surface area contributed by atoms with Crippen molar-refractivity contribution in [2.45, 2.75) is 38.6 Å². The zero-order valence-electron chi connectivity index (χ0n) is 13.6. The summed E-state index contributed by atoms with van der Waals surface area (Å²) < 4.78 is 6.21. The first-order valence-corrected chi connectivity index (χ1v) is 9.66. The molecule has 0 aliphatic carbocycles. The second kappa shape index (κ2) is 8.20. The Labute approximate surface area is 150 Å². The number of hydrogen-bond acceptors (Lipinski definition) is 4. The molecule has 1 heterocycles. The van der Waals surface area contributed by atoms with Gasteiger partial charge in [0.15, 0.2) is 0 Å². The van der Waals surface area contributed by atoms with Crippen LogP contribution in [0.25, 0.3) is 0 Å². The lowest BCUT2D eigenvalue weighted by Gasteiger charge is -2.30. The predicted octanol–water partition coefficient (Wildman–Crippen LogP) is 3.94. The van der Waals surface area contributed by atoms with Crippen molar-refractivity contribution in [3.63, 3.8) is 0 Å². The van der Waals surface area contributed by atoms with Gasteiger partial charge in [-0.25, -0.2) is 4.79 Å². The fraction of sp³-hybridized carbons (Fsp3) is 0.529. The fourth-order valence-electron chi connectivity index (χ4n) is 2.52. The van der Waals surface area contributed by atoms with Crippen molar-refractivity contribution in [3.8, 4) is 0 Å². The molecule has 2 atom stereocenters.